The standard InChI is InChI=1S/C12H21NO2/c1-2-9-5-3-4-6-11(9)13-7-10(8-13)12(14)15/h9-11H,2-8H2,1H3,(H,14,15). The Morgan fingerprint density at radius 2 is 2.00 bits per heavy atom. The molecule has 3 nitrogen and oxygen atoms in total. The van der Waals surface area contributed by atoms with E-state index in [0.29, 0.717) is 6.04 Å². The first kappa shape index (κ1) is 10.9. The van der Waals surface area contributed by atoms with Crippen molar-refractivity contribution in [3.63, 3.8) is 0 Å². The molecule has 0 aromatic rings. The van der Waals surface area contributed by atoms with Crippen molar-refractivity contribution in [3.05, 3.63) is 0 Å². The molecular formula is C12H21NO2. The maximum absolute atomic E-state index is 10.7. The summed E-state index contributed by atoms with van der Waals surface area (Å²) in [7, 11) is 0. The largest absolute Gasteiger partial charge is 0.481 e. The first-order chi connectivity index (χ1) is 7.22. The molecule has 3 heteroatoms. The van der Waals surface area contributed by atoms with Crippen molar-refractivity contribution in [2.45, 2.75) is 45.1 Å². The van der Waals surface area contributed by atoms with Crippen LogP contribution in [0.2, 0.25) is 0 Å². The van der Waals surface area contributed by atoms with Crippen LogP contribution in [0.25, 0.3) is 0 Å². The third-order valence-corrected chi connectivity index (χ3v) is 4.12. The van der Waals surface area contributed by atoms with Gasteiger partial charge in [0.25, 0.3) is 0 Å². The molecule has 1 saturated heterocycles. The van der Waals surface area contributed by atoms with Crippen LogP contribution in [0.5, 0.6) is 0 Å². The van der Waals surface area contributed by atoms with E-state index in [9.17, 15) is 4.79 Å². The van der Waals surface area contributed by atoms with Gasteiger partial charge in [0.2, 0.25) is 0 Å². The molecule has 1 aliphatic carbocycles. The van der Waals surface area contributed by atoms with Crippen LogP contribution in [0.3, 0.4) is 0 Å². The van der Waals surface area contributed by atoms with Crippen LogP contribution in [0, 0.1) is 11.8 Å². The molecule has 0 bridgehead atoms. The van der Waals surface area contributed by atoms with Crippen molar-refractivity contribution in [3.8, 4) is 0 Å². The van der Waals surface area contributed by atoms with Gasteiger partial charge in [-0.05, 0) is 18.8 Å². The van der Waals surface area contributed by atoms with Crippen LogP contribution in [0.15, 0.2) is 0 Å². The summed E-state index contributed by atoms with van der Waals surface area (Å²) >= 11 is 0. The summed E-state index contributed by atoms with van der Waals surface area (Å²) in [6.45, 7) is 3.84. The fourth-order valence-electron chi connectivity index (χ4n) is 3.08. The van der Waals surface area contributed by atoms with E-state index in [-0.39, 0.29) is 5.92 Å². The predicted molar refractivity (Wildman–Crippen MR) is 58.7 cm³/mol. The molecule has 0 aromatic heterocycles. The summed E-state index contributed by atoms with van der Waals surface area (Å²) in [6, 6.07) is 0.680. The molecule has 2 aliphatic rings. The lowest BCUT2D eigenvalue weighted by atomic mass is 9.79. The predicted octanol–water partition coefficient (Wildman–Crippen LogP) is 1.97. The zero-order valence-electron chi connectivity index (χ0n) is 9.48. The molecule has 0 radical (unpaired) electrons. The molecule has 2 fully saturated rings. The van der Waals surface area contributed by atoms with Gasteiger partial charge in [-0.3, -0.25) is 9.69 Å². The monoisotopic (exact) mass is 211 g/mol. The molecule has 15 heavy (non-hydrogen) atoms. The number of carbonyl (C=O) groups is 1. The van der Waals surface area contributed by atoms with Crippen LogP contribution in [0.4, 0.5) is 0 Å². The van der Waals surface area contributed by atoms with E-state index in [1.807, 2.05) is 0 Å². The number of aliphatic carboxylic acids is 1. The summed E-state index contributed by atoms with van der Waals surface area (Å²) in [4.78, 5) is 13.1. The quantitative estimate of drug-likeness (QED) is 0.776. The van der Waals surface area contributed by atoms with Gasteiger partial charge in [0.05, 0.1) is 5.92 Å². The van der Waals surface area contributed by atoms with E-state index in [1.54, 1.807) is 0 Å². The highest BCUT2D eigenvalue weighted by Gasteiger charge is 2.39. The molecule has 86 valence electrons. The van der Waals surface area contributed by atoms with E-state index in [1.165, 1.54) is 32.1 Å². The number of carboxylic acids is 1. The van der Waals surface area contributed by atoms with Crippen molar-refractivity contribution >= 4 is 5.97 Å². The second-order valence-corrected chi connectivity index (χ2v) is 5.01. The van der Waals surface area contributed by atoms with Gasteiger partial charge < -0.3 is 5.11 Å². The van der Waals surface area contributed by atoms with E-state index in [0.717, 1.165) is 19.0 Å². The Morgan fingerprint density at radius 3 is 2.60 bits per heavy atom. The summed E-state index contributed by atoms with van der Waals surface area (Å²) in [5.41, 5.74) is 0. The number of hydrogen-bond donors (Lipinski definition) is 1. The van der Waals surface area contributed by atoms with Crippen LogP contribution in [-0.2, 0) is 4.79 Å². The van der Waals surface area contributed by atoms with Crippen molar-refractivity contribution in [2.24, 2.45) is 11.8 Å². The van der Waals surface area contributed by atoms with Crippen LogP contribution in [-0.4, -0.2) is 35.1 Å². The Bertz CT molecular complexity index is 236. The lowest BCUT2D eigenvalue weighted by Gasteiger charge is -2.47. The van der Waals surface area contributed by atoms with Crippen molar-refractivity contribution < 1.29 is 9.90 Å². The van der Waals surface area contributed by atoms with E-state index < -0.39 is 5.97 Å². The molecule has 1 saturated carbocycles. The highest BCUT2D eigenvalue weighted by molar-refractivity contribution is 5.71. The molecule has 1 heterocycles. The van der Waals surface area contributed by atoms with E-state index >= 15 is 0 Å². The Labute approximate surface area is 91.5 Å². The molecule has 2 atom stereocenters. The summed E-state index contributed by atoms with van der Waals surface area (Å²) in [5.74, 6) is 0.105. The fourth-order valence-corrected chi connectivity index (χ4v) is 3.08. The molecule has 1 N–H and O–H groups in total. The third-order valence-electron chi connectivity index (χ3n) is 4.12. The molecule has 2 rings (SSSR count). The molecule has 2 unspecified atom stereocenters. The van der Waals surface area contributed by atoms with Gasteiger partial charge in [-0.25, -0.2) is 0 Å². The Kier molecular flexibility index (Phi) is 3.29. The Morgan fingerprint density at radius 1 is 1.33 bits per heavy atom. The minimum absolute atomic E-state index is 0.0931. The first-order valence-corrected chi connectivity index (χ1v) is 6.19. The van der Waals surface area contributed by atoms with Crippen LogP contribution < -0.4 is 0 Å². The summed E-state index contributed by atoms with van der Waals surface area (Å²) < 4.78 is 0. The maximum Gasteiger partial charge on any atom is 0.309 e. The summed E-state index contributed by atoms with van der Waals surface area (Å²) in [6.07, 6.45) is 6.57. The van der Waals surface area contributed by atoms with Gasteiger partial charge in [0.15, 0.2) is 0 Å². The molecule has 0 amide bonds. The van der Waals surface area contributed by atoms with E-state index in [2.05, 4.69) is 11.8 Å². The van der Waals surface area contributed by atoms with Gasteiger partial charge >= 0.3 is 5.97 Å². The van der Waals surface area contributed by atoms with Crippen molar-refractivity contribution in [2.75, 3.05) is 13.1 Å². The maximum atomic E-state index is 10.7. The van der Waals surface area contributed by atoms with Gasteiger partial charge in [0, 0.05) is 19.1 Å². The second-order valence-electron chi connectivity index (χ2n) is 5.01. The molecular weight excluding hydrogens is 190 g/mol. The van der Waals surface area contributed by atoms with Crippen LogP contribution >= 0.6 is 0 Å². The summed E-state index contributed by atoms with van der Waals surface area (Å²) in [5, 5.41) is 8.85. The minimum atomic E-state index is -0.616. The smallest absolute Gasteiger partial charge is 0.309 e. The highest BCUT2D eigenvalue weighted by Crippen LogP contribution is 2.34. The SMILES string of the molecule is CCC1CCCCC1N1CC(C(=O)O)C1. The Hall–Kier alpha value is -0.570. The molecule has 0 aromatic carbocycles. The minimum Gasteiger partial charge on any atom is -0.481 e. The lowest BCUT2D eigenvalue weighted by Crippen LogP contribution is -2.57. The zero-order valence-corrected chi connectivity index (χ0v) is 9.48. The molecule has 1 aliphatic heterocycles. The Balaban J connectivity index is 1.85. The first-order valence-electron chi connectivity index (χ1n) is 6.19. The number of nitrogens with zero attached hydrogens (tertiary/aromatic N) is 1. The molecule has 0 spiro atoms. The number of carboxylic acid groups (broad SMARTS) is 1. The van der Waals surface area contributed by atoms with Crippen molar-refractivity contribution in [1.29, 1.82) is 0 Å². The van der Waals surface area contributed by atoms with Gasteiger partial charge in [0.1, 0.15) is 0 Å². The number of hydrogen-bond acceptors (Lipinski definition) is 2. The number of likely N-dealkylation sites (tertiary alicyclic amines) is 1. The third kappa shape index (κ3) is 2.17. The second kappa shape index (κ2) is 4.52. The highest BCUT2D eigenvalue weighted by atomic mass is 16.4. The lowest BCUT2D eigenvalue weighted by molar-refractivity contribution is -0.149. The van der Waals surface area contributed by atoms with Gasteiger partial charge in [-0.2, -0.15) is 0 Å². The van der Waals surface area contributed by atoms with Crippen LogP contribution in [0.1, 0.15) is 39.0 Å². The average Bonchev–Trinajstić information content (AvgIpc) is 2.15. The fraction of sp³-hybridized carbons (Fsp3) is 0.917. The van der Waals surface area contributed by atoms with E-state index in [4.69, 9.17) is 5.11 Å². The number of rotatable bonds is 3. The normalized spacial score (nSPS) is 33.7. The van der Waals surface area contributed by atoms with Crippen molar-refractivity contribution in [1.82, 2.24) is 4.90 Å². The zero-order chi connectivity index (χ0) is 10.8. The topological polar surface area (TPSA) is 40.5 Å². The van der Waals surface area contributed by atoms with Gasteiger partial charge in [-0.1, -0.05) is 26.2 Å². The average molecular weight is 211 g/mol. The van der Waals surface area contributed by atoms with Gasteiger partial charge in [-0.15, -0.1) is 0 Å².